The van der Waals surface area contributed by atoms with Crippen LogP contribution in [0.15, 0.2) is 53.6 Å². The van der Waals surface area contributed by atoms with Crippen LogP contribution < -0.4 is 10.7 Å². The molecule has 0 heterocycles. The van der Waals surface area contributed by atoms with E-state index < -0.39 is 0 Å². The Morgan fingerprint density at radius 1 is 1.08 bits per heavy atom. The number of aryl methyl sites for hydroxylation is 1. The highest BCUT2D eigenvalue weighted by molar-refractivity contribution is 5.99. The van der Waals surface area contributed by atoms with Gasteiger partial charge in [-0.15, -0.1) is 0 Å². The summed E-state index contributed by atoms with van der Waals surface area (Å²) >= 11 is 0. The average molecular weight is 337 g/mol. The first-order valence-corrected chi connectivity index (χ1v) is 8.50. The summed E-state index contributed by atoms with van der Waals surface area (Å²) in [6, 6.07) is 16.2. The van der Waals surface area contributed by atoms with Crippen LogP contribution in [0.1, 0.15) is 44.4 Å². The molecule has 0 unspecified atom stereocenters. The van der Waals surface area contributed by atoms with E-state index in [1.807, 2.05) is 50.2 Å². The van der Waals surface area contributed by atoms with E-state index >= 15 is 0 Å². The van der Waals surface area contributed by atoms with Crippen molar-refractivity contribution in [2.24, 2.45) is 5.10 Å². The number of nitrogens with zero attached hydrogens (tertiary/aromatic N) is 1. The number of hydrogen-bond donors (Lipinski definition) is 2. The molecule has 2 aromatic carbocycles. The molecule has 0 saturated carbocycles. The van der Waals surface area contributed by atoms with Crippen molar-refractivity contribution >= 4 is 17.3 Å². The average Bonchev–Trinajstić information content (AvgIpc) is 2.57. The van der Waals surface area contributed by atoms with E-state index in [0.29, 0.717) is 0 Å². The number of hydrazone groups is 1. The van der Waals surface area contributed by atoms with Crippen LogP contribution in [0.25, 0.3) is 0 Å². The van der Waals surface area contributed by atoms with Crippen LogP contribution in [0.4, 0.5) is 5.69 Å². The van der Waals surface area contributed by atoms with E-state index in [-0.39, 0.29) is 17.9 Å². The molecule has 0 radical (unpaired) electrons. The summed E-state index contributed by atoms with van der Waals surface area (Å²) in [6.45, 7) is 10.6. The third-order valence-corrected chi connectivity index (χ3v) is 3.99. The minimum Gasteiger partial charge on any atom is -0.376 e. The van der Waals surface area contributed by atoms with Crippen molar-refractivity contribution in [3.8, 4) is 0 Å². The molecule has 1 amide bonds. The molecule has 0 atom stereocenters. The van der Waals surface area contributed by atoms with Gasteiger partial charge in [-0.25, -0.2) is 5.43 Å². The van der Waals surface area contributed by atoms with Gasteiger partial charge in [0, 0.05) is 5.69 Å². The van der Waals surface area contributed by atoms with Crippen molar-refractivity contribution in [1.29, 1.82) is 0 Å². The van der Waals surface area contributed by atoms with Crippen LogP contribution in [-0.4, -0.2) is 18.2 Å². The lowest BCUT2D eigenvalue weighted by Gasteiger charge is -2.19. The fourth-order valence-corrected chi connectivity index (χ4v) is 2.40. The molecular weight excluding hydrogens is 310 g/mol. The number of benzene rings is 2. The normalized spacial score (nSPS) is 12.0. The van der Waals surface area contributed by atoms with Crippen molar-refractivity contribution in [3.05, 3.63) is 65.2 Å². The fraction of sp³-hybridized carbons (Fsp3) is 0.333. The molecule has 25 heavy (non-hydrogen) atoms. The first-order valence-electron chi connectivity index (χ1n) is 8.50. The Morgan fingerprint density at radius 3 is 2.36 bits per heavy atom. The SMILES string of the molecule is CC(=NNC(=O)CNc1cccc(C)c1)c1ccc(C(C)(C)C)cc1. The summed E-state index contributed by atoms with van der Waals surface area (Å²) in [5, 5.41) is 7.28. The predicted octanol–water partition coefficient (Wildman–Crippen LogP) is 4.24. The van der Waals surface area contributed by atoms with Crippen molar-refractivity contribution in [3.63, 3.8) is 0 Å². The van der Waals surface area contributed by atoms with Crippen LogP contribution in [0.5, 0.6) is 0 Å². The van der Waals surface area contributed by atoms with Crippen molar-refractivity contribution in [2.75, 3.05) is 11.9 Å². The van der Waals surface area contributed by atoms with Gasteiger partial charge in [-0.05, 0) is 48.1 Å². The van der Waals surface area contributed by atoms with Gasteiger partial charge in [-0.2, -0.15) is 5.10 Å². The Bertz CT molecular complexity index is 755. The summed E-state index contributed by atoms with van der Waals surface area (Å²) in [5.74, 6) is -0.174. The first-order chi connectivity index (χ1) is 11.8. The molecular formula is C21H27N3O. The minimum atomic E-state index is -0.174. The van der Waals surface area contributed by atoms with Crippen LogP contribution in [0.3, 0.4) is 0 Å². The van der Waals surface area contributed by atoms with Crippen molar-refractivity contribution in [2.45, 2.75) is 40.0 Å². The lowest BCUT2D eigenvalue weighted by atomic mass is 9.86. The minimum absolute atomic E-state index is 0.124. The Kier molecular flexibility index (Phi) is 5.97. The molecule has 4 nitrogen and oxygen atoms in total. The molecule has 0 saturated heterocycles. The number of carbonyl (C=O) groups excluding carboxylic acids is 1. The fourth-order valence-electron chi connectivity index (χ4n) is 2.40. The third-order valence-electron chi connectivity index (χ3n) is 3.99. The van der Waals surface area contributed by atoms with Gasteiger partial charge in [0.15, 0.2) is 0 Å². The number of hydrogen-bond acceptors (Lipinski definition) is 3. The van der Waals surface area contributed by atoms with Gasteiger partial charge in [0.2, 0.25) is 0 Å². The zero-order valence-corrected chi connectivity index (χ0v) is 15.7. The summed E-state index contributed by atoms with van der Waals surface area (Å²) in [4.78, 5) is 11.9. The molecule has 4 heteroatoms. The molecule has 0 aromatic heterocycles. The highest BCUT2D eigenvalue weighted by Crippen LogP contribution is 2.22. The molecule has 2 N–H and O–H groups in total. The van der Waals surface area contributed by atoms with E-state index in [1.54, 1.807) is 0 Å². The molecule has 0 spiro atoms. The van der Waals surface area contributed by atoms with Crippen LogP contribution in [0, 0.1) is 6.92 Å². The van der Waals surface area contributed by atoms with Crippen LogP contribution in [0.2, 0.25) is 0 Å². The standard InChI is InChI=1S/C21H27N3O/c1-15-7-6-8-19(13-15)22-14-20(25)24-23-16(2)17-9-11-18(12-10-17)21(3,4)5/h6-13,22H,14H2,1-5H3,(H,24,25). The maximum atomic E-state index is 11.9. The number of carbonyl (C=O) groups is 1. The van der Waals surface area contributed by atoms with Gasteiger partial charge >= 0.3 is 0 Å². The molecule has 0 bridgehead atoms. The van der Waals surface area contributed by atoms with E-state index in [4.69, 9.17) is 0 Å². The third kappa shape index (κ3) is 5.75. The second-order valence-electron chi connectivity index (χ2n) is 7.28. The zero-order chi connectivity index (χ0) is 18.4. The molecule has 0 aliphatic carbocycles. The molecule has 132 valence electrons. The predicted molar refractivity (Wildman–Crippen MR) is 105 cm³/mol. The van der Waals surface area contributed by atoms with E-state index in [0.717, 1.165) is 22.5 Å². The second-order valence-corrected chi connectivity index (χ2v) is 7.28. The van der Waals surface area contributed by atoms with Gasteiger partial charge in [0.25, 0.3) is 5.91 Å². The van der Waals surface area contributed by atoms with Gasteiger partial charge in [-0.3, -0.25) is 4.79 Å². The Balaban J connectivity index is 1.90. The maximum absolute atomic E-state index is 11.9. The smallest absolute Gasteiger partial charge is 0.259 e. The molecule has 0 aliphatic rings. The quantitative estimate of drug-likeness (QED) is 0.633. The van der Waals surface area contributed by atoms with E-state index in [1.165, 1.54) is 5.56 Å². The first kappa shape index (κ1) is 18.7. The Morgan fingerprint density at radius 2 is 1.76 bits per heavy atom. The highest BCUT2D eigenvalue weighted by atomic mass is 16.2. The van der Waals surface area contributed by atoms with Gasteiger partial charge in [-0.1, -0.05) is 57.2 Å². The highest BCUT2D eigenvalue weighted by Gasteiger charge is 2.13. The summed E-state index contributed by atoms with van der Waals surface area (Å²) in [5.41, 5.74) is 7.85. The van der Waals surface area contributed by atoms with Crippen LogP contribution in [-0.2, 0) is 10.2 Å². The Labute approximate surface area is 150 Å². The molecule has 0 fully saturated rings. The number of rotatable bonds is 5. The topological polar surface area (TPSA) is 53.5 Å². The molecule has 2 aromatic rings. The molecule has 0 aliphatic heterocycles. The number of anilines is 1. The monoisotopic (exact) mass is 337 g/mol. The second kappa shape index (κ2) is 7.97. The van der Waals surface area contributed by atoms with Crippen molar-refractivity contribution in [1.82, 2.24) is 5.43 Å². The molecule has 2 rings (SSSR count). The number of amides is 1. The maximum Gasteiger partial charge on any atom is 0.259 e. The Hall–Kier alpha value is -2.62. The number of nitrogens with one attached hydrogen (secondary N) is 2. The summed E-state index contributed by atoms with van der Waals surface area (Å²) in [6.07, 6.45) is 0. The van der Waals surface area contributed by atoms with E-state index in [9.17, 15) is 4.79 Å². The van der Waals surface area contributed by atoms with Gasteiger partial charge in [0.05, 0.1) is 12.3 Å². The van der Waals surface area contributed by atoms with Gasteiger partial charge in [0.1, 0.15) is 0 Å². The van der Waals surface area contributed by atoms with Crippen LogP contribution >= 0.6 is 0 Å². The largest absolute Gasteiger partial charge is 0.376 e. The van der Waals surface area contributed by atoms with Crippen molar-refractivity contribution < 1.29 is 4.79 Å². The van der Waals surface area contributed by atoms with Gasteiger partial charge < -0.3 is 5.32 Å². The zero-order valence-electron chi connectivity index (χ0n) is 15.7. The van der Waals surface area contributed by atoms with E-state index in [2.05, 4.69) is 48.7 Å². The summed E-state index contributed by atoms with van der Waals surface area (Å²) < 4.78 is 0. The lowest BCUT2D eigenvalue weighted by molar-refractivity contribution is -0.119. The summed E-state index contributed by atoms with van der Waals surface area (Å²) in [7, 11) is 0. The lowest BCUT2D eigenvalue weighted by Crippen LogP contribution is -2.26.